The summed E-state index contributed by atoms with van der Waals surface area (Å²) in [6.07, 6.45) is 5.58. The van der Waals surface area contributed by atoms with Crippen molar-refractivity contribution >= 4 is 17.7 Å². The molecule has 1 saturated carbocycles. The number of anilines is 1. The van der Waals surface area contributed by atoms with E-state index >= 15 is 4.39 Å². The van der Waals surface area contributed by atoms with Crippen LogP contribution in [0.2, 0.25) is 0 Å². The first-order valence-corrected chi connectivity index (χ1v) is 12.8. The Balaban J connectivity index is 1.23. The zero-order chi connectivity index (χ0) is 26.4. The molecular weight excluding hydrogens is 465 g/mol. The minimum absolute atomic E-state index is 0.0257. The summed E-state index contributed by atoms with van der Waals surface area (Å²) in [6.45, 7) is 0. The van der Waals surface area contributed by atoms with Crippen LogP contribution in [-0.2, 0) is 0 Å². The molecule has 2 aliphatic heterocycles. The second kappa shape index (κ2) is 9.31. The van der Waals surface area contributed by atoms with Gasteiger partial charge in [-0.05, 0) is 62.1 Å². The lowest BCUT2D eigenvalue weighted by Crippen LogP contribution is -2.62. The van der Waals surface area contributed by atoms with Crippen molar-refractivity contribution in [2.45, 2.75) is 73.9 Å². The average Bonchev–Trinajstić information content (AvgIpc) is 3.72. The molecule has 2 aromatic heterocycles. The number of fused-ring (bicyclic) bond motifs is 2. The van der Waals surface area contributed by atoms with Crippen molar-refractivity contribution in [3.8, 4) is 28.1 Å². The third-order valence-electron chi connectivity index (χ3n) is 7.22. The van der Waals surface area contributed by atoms with Crippen molar-refractivity contribution in [2.75, 3.05) is 11.1 Å². The molecule has 2 N–H and O–H groups in total. The largest absolute Gasteiger partial charge is 0.507 e. The van der Waals surface area contributed by atoms with Crippen LogP contribution in [0.3, 0.4) is 0 Å². The Bertz CT molecular complexity index is 1310. The highest BCUT2D eigenvalue weighted by molar-refractivity contribution is 7.98. The topological polar surface area (TPSA) is 100.0 Å². The van der Waals surface area contributed by atoms with Gasteiger partial charge in [0.1, 0.15) is 22.6 Å². The van der Waals surface area contributed by atoms with Gasteiger partial charge < -0.3 is 15.3 Å². The molecule has 0 radical (unpaired) electrons. The second-order valence-electron chi connectivity index (χ2n) is 9.55. The van der Waals surface area contributed by atoms with Crippen LogP contribution < -0.4 is 10.2 Å². The van der Waals surface area contributed by atoms with Crippen molar-refractivity contribution in [1.82, 2.24) is 30.7 Å². The van der Waals surface area contributed by atoms with E-state index in [1.54, 1.807) is 30.5 Å². The Morgan fingerprint density at radius 1 is 1.11 bits per heavy atom. The Morgan fingerprint density at radius 2 is 2.03 bits per heavy atom. The van der Waals surface area contributed by atoms with Gasteiger partial charge in [-0.3, -0.25) is 0 Å². The zero-order valence-corrected chi connectivity index (χ0v) is 19.8. The molecule has 3 aliphatic rings. The predicted molar refractivity (Wildman–Crippen MR) is 133 cm³/mol. The van der Waals surface area contributed by atoms with Gasteiger partial charge in [-0.2, -0.15) is 5.10 Å². The van der Waals surface area contributed by atoms with Crippen LogP contribution >= 0.6 is 11.8 Å². The highest BCUT2D eigenvalue weighted by atomic mass is 32.2. The number of aromatic hydroxyl groups is 1. The number of nitrogens with one attached hydrogen (secondary N) is 1. The standard InChI is InChI=1S/C25H28FN7OS/c1-35-23-10-15(12-28-31-23)14-5-8-18(22(34)9-14)20-13-27-25(32-30-20)33(17-6-7-17)21-11-16-3-2-4-19(29-16)24(21)26/h5,8-10,12-13,16-17,19,21,24,29,34H,2-4,6-7,11H2,1H3/t16-,19-,21-,24+/m0/s1/i1D3. The summed E-state index contributed by atoms with van der Waals surface area (Å²) in [5, 5.41) is 31.0. The van der Waals surface area contributed by atoms with Gasteiger partial charge in [-0.1, -0.05) is 12.5 Å². The molecule has 6 rings (SSSR count). The van der Waals surface area contributed by atoms with Gasteiger partial charge >= 0.3 is 0 Å². The minimum Gasteiger partial charge on any atom is -0.507 e. The van der Waals surface area contributed by atoms with E-state index in [4.69, 9.17) is 4.11 Å². The van der Waals surface area contributed by atoms with Gasteiger partial charge in [-0.15, -0.1) is 27.1 Å². The zero-order valence-electron chi connectivity index (χ0n) is 22.0. The van der Waals surface area contributed by atoms with Gasteiger partial charge in [-0.25, -0.2) is 9.37 Å². The number of thioether (sulfide) groups is 1. The van der Waals surface area contributed by atoms with Gasteiger partial charge in [0.15, 0.2) is 0 Å². The molecule has 2 bridgehead atoms. The van der Waals surface area contributed by atoms with Crippen molar-refractivity contribution in [3.63, 3.8) is 0 Å². The number of phenolic OH excluding ortho intramolecular Hbond substituents is 1. The first-order valence-electron chi connectivity index (χ1n) is 13.5. The summed E-state index contributed by atoms with van der Waals surface area (Å²) in [5.41, 5.74) is 2.13. The van der Waals surface area contributed by atoms with Crippen LogP contribution in [0.4, 0.5) is 10.3 Å². The molecule has 0 spiro atoms. The summed E-state index contributed by atoms with van der Waals surface area (Å²) in [7, 11) is 0. The van der Waals surface area contributed by atoms with Crippen molar-refractivity contribution in [1.29, 1.82) is 0 Å². The van der Waals surface area contributed by atoms with E-state index in [1.807, 2.05) is 4.90 Å². The Hall–Kier alpha value is -2.85. The fraction of sp³-hybridized carbons (Fsp3) is 0.480. The molecule has 3 fully saturated rings. The first-order chi connectivity index (χ1) is 18.2. The third-order valence-corrected chi connectivity index (χ3v) is 7.63. The Labute approximate surface area is 212 Å². The van der Waals surface area contributed by atoms with Crippen molar-refractivity contribution in [2.24, 2.45) is 0 Å². The third kappa shape index (κ3) is 4.45. The molecule has 2 saturated heterocycles. The summed E-state index contributed by atoms with van der Waals surface area (Å²) in [6, 6.07) is 6.85. The number of halogens is 1. The molecule has 1 aromatic carbocycles. The predicted octanol–water partition coefficient (Wildman–Crippen LogP) is 4.01. The van der Waals surface area contributed by atoms with E-state index in [2.05, 4.69) is 30.7 Å². The maximum atomic E-state index is 15.5. The van der Waals surface area contributed by atoms with Crippen molar-refractivity contribution in [3.05, 3.63) is 36.7 Å². The maximum absolute atomic E-state index is 15.5. The van der Waals surface area contributed by atoms with E-state index in [0.717, 1.165) is 38.5 Å². The summed E-state index contributed by atoms with van der Waals surface area (Å²) in [5.74, 6) is 0.407. The molecule has 0 unspecified atom stereocenters. The first kappa shape index (κ1) is 19.4. The lowest BCUT2D eigenvalue weighted by molar-refractivity contribution is 0.103. The van der Waals surface area contributed by atoms with Crippen LogP contribution in [0.15, 0.2) is 41.7 Å². The van der Waals surface area contributed by atoms with Crippen LogP contribution in [0.1, 0.15) is 42.6 Å². The molecule has 3 aromatic rings. The molecule has 4 atom stereocenters. The number of hydrogen-bond acceptors (Lipinski definition) is 9. The monoisotopic (exact) mass is 496 g/mol. The lowest BCUT2D eigenvalue weighted by atomic mass is 9.82. The molecule has 0 amide bonds. The normalized spacial score (nSPS) is 27.5. The summed E-state index contributed by atoms with van der Waals surface area (Å²) >= 11 is 0.645. The second-order valence-corrected chi connectivity index (χ2v) is 10.2. The van der Waals surface area contributed by atoms with Crippen molar-refractivity contribution < 1.29 is 13.6 Å². The Kier molecular flexibility index (Phi) is 5.15. The van der Waals surface area contributed by atoms with E-state index in [0.29, 0.717) is 46.1 Å². The number of rotatable bonds is 6. The average molecular weight is 497 g/mol. The van der Waals surface area contributed by atoms with Gasteiger partial charge in [0.25, 0.3) is 0 Å². The molecule has 35 heavy (non-hydrogen) atoms. The molecule has 8 nitrogen and oxygen atoms in total. The summed E-state index contributed by atoms with van der Waals surface area (Å²) in [4.78, 5) is 6.61. The number of hydrogen-bond donors (Lipinski definition) is 2. The molecule has 4 heterocycles. The number of piperidine rings is 2. The maximum Gasteiger partial charge on any atom is 0.245 e. The smallest absolute Gasteiger partial charge is 0.245 e. The van der Waals surface area contributed by atoms with Gasteiger partial charge in [0.05, 0.1) is 18.4 Å². The number of phenols is 1. The van der Waals surface area contributed by atoms with Gasteiger partial charge in [0, 0.05) is 33.4 Å². The van der Waals surface area contributed by atoms with Crippen LogP contribution in [-0.4, -0.2) is 67.0 Å². The minimum atomic E-state index is -2.23. The van der Waals surface area contributed by atoms with E-state index in [9.17, 15) is 5.11 Å². The number of nitrogens with zero attached hydrogens (tertiary/aromatic N) is 6. The fourth-order valence-electron chi connectivity index (χ4n) is 5.38. The Morgan fingerprint density at radius 3 is 2.80 bits per heavy atom. The molecule has 182 valence electrons. The van der Waals surface area contributed by atoms with Gasteiger partial charge in [0.2, 0.25) is 5.95 Å². The highest BCUT2D eigenvalue weighted by Crippen LogP contribution is 2.39. The van der Waals surface area contributed by atoms with Crippen LogP contribution in [0.5, 0.6) is 5.75 Å². The number of benzene rings is 1. The highest BCUT2D eigenvalue weighted by Gasteiger charge is 2.47. The van der Waals surface area contributed by atoms with E-state index in [1.165, 1.54) is 6.20 Å². The fourth-order valence-corrected chi connectivity index (χ4v) is 5.65. The quantitative estimate of drug-likeness (QED) is 0.490. The van der Waals surface area contributed by atoms with E-state index < -0.39 is 12.4 Å². The van der Waals surface area contributed by atoms with E-state index in [-0.39, 0.29) is 28.9 Å². The number of alkyl halides is 1. The summed E-state index contributed by atoms with van der Waals surface area (Å²) < 4.78 is 37.7. The number of aromatic nitrogens is 5. The van der Waals surface area contributed by atoms with Crippen LogP contribution in [0.25, 0.3) is 22.4 Å². The lowest BCUT2D eigenvalue weighted by Gasteiger charge is -2.46. The van der Waals surface area contributed by atoms with Crippen LogP contribution in [0, 0.1) is 0 Å². The SMILES string of the molecule is [2H]C([2H])([2H])Sc1cc(-c2ccc(-c3cnc(N(C4CC4)[C@H]4C[C@@H]5CCC[C@H](N5)[C@H]4F)nn3)c(O)c2)cnn1. The molecule has 10 heteroatoms. The molecule has 1 aliphatic carbocycles. The molecular formula is C25H28FN7OS.